The molecule has 1 unspecified atom stereocenters. The Morgan fingerprint density at radius 2 is 1.81 bits per heavy atom. The standard InChI is InChI=1S/C16H14BrNO2S/c1-19-14-8-6-13(7-9-14)18-15(21)10-20-16(18)11-2-4-12(17)5-3-11/h2-9,16H,10H2,1H3. The highest BCUT2D eigenvalue weighted by Crippen LogP contribution is 2.34. The van der Waals surface area contributed by atoms with Gasteiger partial charge in [-0.15, -0.1) is 0 Å². The number of hydrogen-bond donors (Lipinski definition) is 0. The molecule has 0 saturated carbocycles. The van der Waals surface area contributed by atoms with Crippen molar-refractivity contribution >= 4 is 38.8 Å². The third kappa shape index (κ3) is 2.95. The van der Waals surface area contributed by atoms with Crippen LogP contribution in [0.4, 0.5) is 5.69 Å². The Kier molecular flexibility index (Phi) is 4.24. The molecular weight excluding hydrogens is 350 g/mol. The summed E-state index contributed by atoms with van der Waals surface area (Å²) < 4.78 is 12.1. The first-order valence-electron chi connectivity index (χ1n) is 6.52. The van der Waals surface area contributed by atoms with Crippen LogP contribution in [0.5, 0.6) is 5.75 Å². The van der Waals surface area contributed by atoms with E-state index in [-0.39, 0.29) is 6.23 Å². The number of benzene rings is 2. The minimum atomic E-state index is -0.181. The Balaban J connectivity index is 1.93. The molecule has 3 nitrogen and oxygen atoms in total. The Bertz CT molecular complexity index is 642. The first-order chi connectivity index (χ1) is 10.2. The van der Waals surface area contributed by atoms with E-state index < -0.39 is 0 Å². The van der Waals surface area contributed by atoms with E-state index in [4.69, 9.17) is 21.7 Å². The average Bonchev–Trinajstić information content (AvgIpc) is 2.90. The number of methoxy groups -OCH3 is 1. The van der Waals surface area contributed by atoms with E-state index >= 15 is 0 Å². The minimum Gasteiger partial charge on any atom is -0.497 e. The van der Waals surface area contributed by atoms with Gasteiger partial charge in [0.2, 0.25) is 0 Å². The number of hydrogen-bond acceptors (Lipinski definition) is 3. The molecule has 0 radical (unpaired) electrons. The second-order valence-corrected chi connectivity index (χ2v) is 6.06. The van der Waals surface area contributed by atoms with Gasteiger partial charge in [0.1, 0.15) is 17.3 Å². The largest absolute Gasteiger partial charge is 0.497 e. The SMILES string of the molecule is COc1ccc(N2C(=S)COC2c2ccc(Br)cc2)cc1. The molecule has 0 bridgehead atoms. The van der Waals surface area contributed by atoms with Crippen LogP contribution in [0.15, 0.2) is 53.0 Å². The Morgan fingerprint density at radius 3 is 2.43 bits per heavy atom. The zero-order valence-electron chi connectivity index (χ0n) is 11.5. The van der Waals surface area contributed by atoms with E-state index in [0.717, 1.165) is 26.5 Å². The molecule has 1 aliphatic heterocycles. The zero-order valence-corrected chi connectivity index (χ0v) is 13.9. The van der Waals surface area contributed by atoms with Gasteiger partial charge < -0.3 is 14.4 Å². The maximum Gasteiger partial charge on any atom is 0.161 e. The fourth-order valence-electron chi connectivity index (χ4n) is 2.32. The summed E-state index contributed by atoms with van der Waals surface area (Å²) in [5.74, 6) is 0.824. The smallest absolute Gasteiger partial charge is 0.161 e. The molecule has 0 spiro atoms. The summed E-state index contributed by atoms with van der Waals surface area (Å²) in [5, 5.41) is 0. The van der Waals surface area contributed by atoms with Crippen molar-refractivity contribution in [3.63, 3.8) is 0 Å². The predicted molar refractivity (Wildman–Crippen MR) is 90.9 cm³/mol. The summed E-state index contributed by atoms with van der Waals surface area (Å²) in [6.45, 7) is 0.460. The van der Waals surface area contributed by atoms with Gasteiger partial charge in [-0.1, -0.05) is 40.3 Å². The van der Waals surface area contributed by atoms with Gasteiger partial charge in [0.15, 0.2) is 6.23 Å². The van der Waals surface area contributed by atoms with Gasteiger partial charge in [-0.2, -0.15) is 0 Å². The molecule has 1 fully saturated rings. The molecule has 1 saturated heterocycles. The highest BCUT2D eigenvalue weighted by atomic mass is 79.9. The van der Waals surface area contributed by atoms with Gasteiger partial charge in [0.25, 0.3) is 0 Å². The van der Waals surface area contributed by atoms with Crippen LogP contribution in [-0.4, -0.2) is 18.7 Å². The summed E-state index contributed by atoms with van der Waals surface area (Å²) in [6, 6.07) is 15.9. The molecule has 1 atom stereocenters. The van der Waals surface area contributed by atoms with Gasteiger partial charge in [0, 0.05) is 15.7 Å². The lowest BCUT2D eigenvalue weighted by Crippen LogP contribution is -2.26. The molecule has 0 amide bonds. The van der Waals surface area contributed by atoms with Crippen molar-refractivity contribution in [2.45, 2.75) is 6.23 Å². The van der Waals surface area contributed by atoms with E-state index in [1.165, 1.54) is 0 Å². The fraction of sp³-hybridized carbons (Fsp3) is 0.188. The third-order valence-corrected chi connectivity index (χ3v) is 4.22. The summed E-state index contributed by atoms with van der Waals surface area (Å²) >= 11 is 8.89. The van der Waals surface area contributed by atoms with Crippen LogP contribution in [0.2, 0.25) is 0 Å². The second-order valence-electron chi connectivity index (χ2n) is 4.68. The van der Waals surface area contributed by atoms with Gasteiger partial charge in [-0.05, 0) is 36.4 Å². The molecule has 2 aromatic carbocycles. The van der Waals surface area contributed by atoms with E-state index in [0.29, 0.717) is 6.61 Å². The van der Waals surface area contributed by atoms with Crippen molar-refractivity contribution in [3.8, 4) is 5.75 Å². The first-order valence-corrected chi connectivity index (χ1v) is 7.72. The number of nitrogens with zero attached hydrogens (tertiary/aromatic N) is 1. The number of thiocarbonyl (C=S) groups is 1. The molecule has 0 aromatic heterocycles. The highest BCUT2D eigenvalue weighted by molar-refractivity contribution is 9.10. The average molecular weight is 364 g/mol. The summed E-state index contributed by atoms with van der Waals surface area (Å²) in [7, 11) is 1.66. The van der Waals surface area contributed by atoms with Gasteiger partial charge >= 0.3 is 0 Å². The van der Waals surface area contributed by atoms with Crippen molar-refractivity contribution in [2.24, 2.45) is 0 Å². The van der Waals surface area contributed by atoms with E-state index in [1.807, 2.05) is 53.4 Å². The molecule has 3 rings (SSSR count). The second kappa shape index (κ2) is 6.13. The zero-order chi connectivity index (χ0) is 14.8. The van der Waals surface area contributed by atoms with Crippen molar-refractivity contribution < 1.29 is 9.47 Å². The molecule has 0 aliphatic carbocycles. The Morgan fingerprint density at radius 1 is 1.14 bits per heavy atom. The van der Waals surface area contributed by atoms with Gasteiger partial charge in [0.05, 0.1) is 7.11 Å². The molecule has 5 heteroatoms. The van der Waals surface area contributed by atoms with Crippen LogP contribution >= 0.6 is 28.1 Å². The lowest BCUT2D eigenvalue weighted by molar-refractivity contribution is 0.117. The Hall–Kier alpha value is -1.43. The van der Waals surface area contributed by atoms with E-state index in [9.17, 15) is 0 Å². The van der Waals surface area contributed by atoms with Crippen LogP contribution in [0.25, 0.3) is 0 Å². The lowest BCUT2D eigenvalue weighted by atomic mass is 10.1. The molecule has 1 aliphatic rings. The summed E-state index contributed by atoms with van der Waals surface area (Å²) in [4.78, 5) is 2.82. The predicted octanol–water partition coefficient (Wildman–Crippen LogP) is 4.32. The number of rotatable bonds is 3. The van der Waals surface area contributed by atoms with Crippen molar-refractivity contribution in [3.05, 3.63) is 58.6 Å². The van der Waals surface area contributed by atoms with Crippen LogP contribution < -0.4 is 9.64 Å². The monoisotopic (exact) mass is 363 g/mol. The highest BCUT2D eigenvalue weighted by Gasteiger charge is 2.31. The number of anilines is 1. The third-order valence-electron chi connectivity index (χ3n) is 3.37. The normalized spacial score (nSPS) is 18.1. The molecule has 2 aromatic rings. The fourth-order valence-corrected chi connectivity index (χ4v) is 2.85. The van der Waals surface area contributed by atoms with E-state index in [1.54, 1.807) is 7.11 Å². The summed E-state index contributed by atoms with van der Waals surface area (Å²) in [6.07, 6.45) is -0.181. The maximum absolute atomic E-state index is 5.85. The summed E-state index contributed by atoms with van der Waals surface area (Å²) in [5.41, 5.74) is 2.08. The van der Waals surface area contributed by atoms with Crippen LogP contribution in [0.1, 0.15) is 11.8 Å². The molecule has 108 valence electrons. The van der Waals surface area contributed by atoms with Crippen molar-refractivity contribution in [2.75, 3.05) is 18.6 Å². The van der Waals surface area contributed by atoms with Crippen LogP contribution in [-0.2, 0) is 4.74 Å². The molecule has 0 N–H and O–H groups in total. The van der Waals surface area contributed by atoms with Crippen LogP contribution in [0.3, 0.4) is 0 Å². The molecular formula is C16H14BrNO2S. The minimum absolute atomic E-state index is 0.181. The van der Waals surface area contributed by atoms with Gasteiger partial charge in [-0.3, -0.25) is 0 Å². The molecule has 21 heavy (non-hydrogen) atoms. The number of halogens is 1. The van der Waals surface area contributed by atoms with Crippen molar-refractivity contribution in [1.29, 1.82) is 0 Å². The van der Waals surface area contributed by atoms with Gasteiger partial charge in [-0.25, -0.2) is 0 Å². The van der Waals surface area contributed by atoms with Crippen molar-refractivity contribution in [1.82, 2.24) is 0 Å². The topological polar surface area (TPSA) is 21.7 Å². The lowest BCUT2D eigenvalue weighted by Gasteiger charge is -2.25. The molecule has 1 heterocycles. The van der Waals surface area contributed by atoms with Crippen LogP contribution in [0, 0.1) is 0 Å². The first kappa shape index (κ1) is 14.5. The number of ether oxygens (including phenoxy) is 2. The Labute approximate surface area is 137 Å². The van der Waals surface area contributed by atoms with E-state index in [2.05, 4.69) is 15.9 Å². The maximum atomic E-state index is 5.85. The quantitative estimate of drug-likeness (QED) is 0.757.